The second-order valence-corrected chi connectivity index (χ2v) is 7.12. The molecule has 1 aliphatic rings. The Morgan fingerprint density at radius 1 is 1.15 bits per heavy atom. The summed E-state index contributed by atoms with van der Waals surface area (Å²) >= 11 is 0. The van der Waals surface area contributed by atoms with Gasteiger partial charge < -0.3 is 10.1 Å². The number of aromatic amines is 1. The SMILES string of the molecule is CC(CO[C@H]1CC[C@H](Nc2ncnc3[nH]ncc23)CC1)c1ccccc1. The molecule has 4 rings (SSSR count). The fraction of sp³-hybridized carbons (Fsp3) is 0.450. The van der Waals surface area contributed by atoms with E-state index in [1.165, 1.54) is 5.56 Å². The summed E-state index contributed by atoms with van der Waals surface area (Å²) in [6.45, 7) is 3.02. The molecule has 2 aromatic heterocycles. The maximum atomic E-state index is 6.19. The van der Waals surface area contributed by atoms with E-state index in [9.17, 15) is 0 Å². The Kier molecular flexibility index (Phi) is 5.11. The van der Waals surface area contributed by atoms with Crippen molar-refractivity contribution in [3.05, 3.63) is 48.4 Å². The van der Waals surface area contributed by atoms with Gasteiger partial charge in [-0.15, -0.1) is 0 Å². The lowest BCUT2D eigenvalue weighted by atomic mass is 9.92. The van der Waals surface area contributed by atoms with Gasteiger partial charge in [-0.1, -0.05) is 37.3 Å². The van der Waals surface area contributed by atoms with Crippen molar-refractivity contribution >= 4 is 16.9 Å². The fourth-order valence-electron chi connectivity index (χ4n) is 3.61. The van der Waals surface area contributed by atoms with E-state index in [0.29, 0.717) is 18.1 Å². The van der Waals surface area contributed by atoms with Crippen molar-refractivity contribution in [1.29, 1.82) is 0 Å². The molecular formula is C20H25N5O. The summed E-state index contributed by atoms with van der Waals surface area (Å²) in [6.07, 6.45) is 8.05. The van der Waals surface area contributed by atoms with Crippen LogP contribution in [-0.4, -0.2) is 38.9 Å². The van der Waals surface area contributed by atoms with Crippen LogP contribution in [0.1, 0.15) is 44.1 Å². The molecule has 6 nitrogen and oxygen atoms in total. The summed E-state index contributed by atoms with van der Waals surface area (Å²) in [7, 11) is 0. The highest BCUT2D eigenvalue weighted by Gasteiger charge is 2.23. The van der Waals surface area contributed by atoms with E-state index in [1.807, 2.05) is 0 Å². The zero-order chi connectivity index (χ0) is 17.8. The summed E-state index contributed by atoms with van der Waals surface area (Å²) < 4.78 is 6.19. The second-order valence-electron chi connectivity index (χ2n) is 7.12. The van der Waals surface area contributed by atoms with Crippen LogP contribution >= 0.6 is 0 Å². The van der Waals surface area contributed by atoms with Crippen molar-refractivity contribution in [2.24, 2.45) is 0 Å². The quantitative estimate of drug-likeness (QED) is 0.704. The van der Waals surface area contributed by atoms with Crippen LogP contribution in [0.4, 0.5) is 5.82 Å². The highest BCUT2D eigenvalue weighted by molar-refractivity contribution is 5.85. The van der Waals surface area contributed by atoms with E-state index in [0.717, 1.165) is 49.1 Å². The Morgan fingerprint density at radius 3 is 2.77 bits per heavy atom. The topological polar surface area (TPSA) is 75.7 Å². The molecule has 1 atom stereocenters. The average Bonchev–Trinajstić information content (AvgIpc) is 3.18. The predicted molar refractivity (Wildman–Crippen MR) is 102 cm³/mol. The van der Waals surface area contributed by atoms with Crippen LogP contribution in [0, 0.1) is 0 Å². The number of H-pyrrole nitrogens is 1. The van der Waals surface area contributed by atoms with Crippen LogP contribution in [-0.2, 0) is 4.74 Å². The molecule has 1 unspecified atom stereocenters. The van der Waals surface area contributed by atoms with Gasteiger partial charge in [-0.05, 0) is 31.2 Å². The highest BCUT2D eigenvalue weighted by Crippen LogP contribution is 2.27. The van der Waals surface area contributed by atoms with Crippen LogP contribution in [0.15, 0.2) is 42.9 Å². The van der Waals surface area contributed by atoms with E-state index in [1.54, 1.807) is 12.5 Å². The van der Waals surface area contributed by atoms with Crippen LogP contribution in [0.5, 0.6) is 0 Å². The van der Waals surface area contributed by atoms with Crippen LogP contribution in [0.25, 0.3) is 11.0 Å². The normalized spacial score (nSPS) is 21.6. The number of anilines is 1. The van der Waals surface area contributed by atoms with Gasteiger partial charge in [-0.3, -0.25) is 5.10 Å². The molecule has 0 spiro atoms. The minimum atomic E-state index is 0.360. The van der Waals surface area contributed by atoms with Gasteiger partial charge in [0.2, 0.25) is 0 Å². The Morgan fingerprint density at radius 2 is 1.96 bits per heavy atom. The average molecular weight is 351 g/mol. The number of ether oxygens (including phenoxy) is 1. The third kappa shape index (κ3) is 3.85. The molecule has 3 aromatic rings. The first-order valence-corrected chi connectivity index (χ1v) is 9.37. The maximum absolute atomic E-state index is 6.19. The number of benzene rings is 1. The largest absolute Gasteiger partial charge is 0.378 e. The number of hydrogen-bond donors (Lipinski definition) is 2. The molecule has 0 saturated heterocycles. The Balaban J connectivity index is 1.26. The van der Waals surface area contributed by atoms with Crippen molar-refractivity contribution in [3.8, 4) is 0 Å². The van der Waals surface area contributed by atoms with Crippen molar-refractivity contribution in [3.63, 3.8) is 0 Å². The Labute approximate surface area is 153 Å². The number of hydrogen-bond acceptors (Lipinski definition) is 5. The van der Waals surface area contributed by atoms with Crippen molar-refractivity contribution < 1.29 is 4.74 Å². The number of aromatic nitrogens is 4. The zero-order valence-corrected chi connectivity index (χ0v) is 15.1. The molecule has 0 aliphatic heterocycles. The van der Waals surface area contributed by atoms with Crippen molar-refractivity contribution in [2.75, 3.05) is 11.9 Å². The fourth-order valence-corrected chi connectivity index (χ4v) is 3.61. The van der Waals surface area contributed by atoms with Crippen molar-refractivity contribution in [1.82, 2.24) is 20.2 Å². The molecule has 2 N–H and O–H groups in total. The minimum absolute atomic E-state index is 0.360. The Bertz CT molecular complexity index is 826. The third-order valence-electron chi connectivity index (χ3n) is 5.21. The summed E-state index contributed by atoms with van der Waals surface area (Å²) in [6, 6.07) is 11.0. The van der Waals surface area contributed by atoms with E-state index in [4.69, 9.17) is 4.74 Å². The number of fused-ring (bicyclic) bond motifs is 1. The third-order valence-corrected chi connectivity index (χ3v) is 5.21. The zero-order valence-electron chi connectivity index (χ0n) is 15.1. The standard InChI is InChI=1S/C20H25N5O/c1-14(15-5-3-2-4-6-15)12-26-17-9-7-16(8-10-17)24-19-18-11-23-25-20(18)22-13-21-19/h2-6,11,13-14,16-17H,7-10,12H2,1H3,(H2,21,22,23,24,25)/t14?,16-,17-. The highest BCUT2D eigenvalue weighted by atomic mass is 16.5. The molecule has 2 heterocycles. The van der Waals surface area contributed by atoms with Gasteiger partial charge in [0.1, 0.15) is 12.1 Å². The molecule has 1 aliphatic carbocycles. The molecule has 6 heteroatoms. The van der Waals surface area contributed by atoms with Crippen molar-refractivity contribution in [2.45, 2.75) is 50.7 Å². The molecule has 1 aromatic carbocycles. The van der Waals surface area contributed by atoms with Gasteiger partial charge in [-0.2, -0.15) is 5.10 Å². The molecule has 26 heavy (non-hydrogen) atoms. The van der Waals surface area contributed by atoms with Gasteiger partial charge in [0.15, 0.2) is 5.65 Å². The smallest absolute Gasteiger partial charge is 0.160 e. The van der Waals surface area contributed by atoms with E-state index >= 15 is 0 Å². The summed E-state index contributed by atoms with van der Waals surface area (Å²) in [5, 5.41) is 11.4. The molecule has 136 valence electrons. The molecule has 1 saturated carbocycles. The van der Waals surface area contributed by atoms with Gasteiger partial charge in [0, 0.05) is 12.0 Å². The first kappa shape index (κ1) is 17.0. The van der Waals surface area contributed by atoms with E-state index in [2.05, 4.69) is 62.7 Å². The lowest BCUT2D eigenvalue weighted by molar-refractivity contribution is 0.0201. The lowest BCUT2D eigenvalue weighted by Crippen LogP contribution is -2.30. The summed E-state index contributed by atoms with van der Waals surface area (Å²) in [4.78, 5) is 8.56. The van der Waals surface area contributed by atoms with Gasteiger partial charge in [0.25, 0.3) is 0 Å². The molecule has 1 fully saturated rings. The first-order valence-electron chi connectivity index (χ1n) is 9.37. The molecule has 0 bridgehead atoms. The second kappa shape index (κ2) is 7.83. The van der Waals surface area contributed by atoms with E-state index < -0.39 is 0 Å². The van der Waals surface area contributed by atoms with E-state index in [-0.39, 0.29) is 0 Å². The van der Waals surface area contributed by atoms with Gasteiger partial charge in [-0.25, -0.2) is 9.97 Å². The summed E-state index contributed by atoms with van der Waals surface area (Å²) in [5.41, 5.74) is 2.12. The predicted octanol–water partition coefficient (Wildman–Crippen LogP) is 3.90. The summed E-state index contributed by atoms with van der Waals surface area (Å²) in [5.74, 6) is 1.30. The van der Waals surface area contributed by atoms with Crippen LogP contribution in [0.3, 0.4) is 0 Å². The van der Waals surface area contributed by atoms with Gasteiger partial charge >= 0.3 is 0 Å². The number of rotatable bonds is 6. The maximum Gasteiger partial charge on any atom is 0.160 e. The number of nitrogens with zero attached hydrogens (tertiary/aromatic N) is 3. The molecule has 0 radical (unpaired) electrons. The molecular weight excluding hydrogens is 326 g/mol. The van der Waals surface area contributed by atoms with Gasteiger partial charge in [0.05, 0.1) is 24.3 Å². The Hall–Kier alpha value is -2.47. The minimum Gasteiger partial charge on any atom is -0.378 e. The van der Waals surface area contributed by atoms with Crippen LogP contribution < -0.4 is 5.32 Å². The number of nitrogens with one attached hydrogen (secondary N) is 2. The first-order chi connectivity index (χ1) is 12.8. The lowest BCUT2D eigenvalue weighted by Gasteiger charge is -2.30. The van der Waals surface area contributed by atoms with Crippen LogP contribution in [0.2, 0.25) is 0 Å². The molecule has 0 amide bonds. The monoisotopic (exact) mass is 351 g/mol.